The lowest BCUT2D eigenvalue weighted by Gasteiger charge is -2.34. The largest absolute Gasteiger partial charge is 0.303 e. The first-order valence-electron chi connectivity index (χ1n) is 10.4. The third-order valence-corrected chi connectivity index (χ3v) is 8.55. The number of rotatable bonds is 5. The molecule has 3 aromatic rings. The quantitative estimate of drug-likeness (QED) is 0.507. The molecule has 4 rings (SSSR count). The molecule has 0 bridgehead atoms. The fourth-order valence-corrected chi connectivity index (χ4v) is 5.90. The molecule has 32 heavy (non-hydrogen) atoms. The molecule has 0 unspecified atom stereocenters. The molecule has 170 valence electrons. The number of piperazine rings is 1. The molecule has 0 atom stereocenters. The van der Waals surface area contributed by atoms with Crippen molar-refractivity contribution in [1.82, 2.24) is 23.6 Å². The van der Waals surface area contributed by atoms with Gasteiger partial charge in [-0.25, -0.2) is 13.1 Å². The zero-order chi connectivity index (χ0) is 23.0. The van der Waals surface area contributed by atoms with E-state index in [9.17, 15) is 8.42 Å². The van der Waals surface area contributed by atoms with Gasteiger partial charge in [-0.05, 0) is 67.5 Å². The molecule has 1 saturated heterocycles. The molecule has 0 spiro atoms. The third-order valence-electron chi connectivity index (χ3n) is 5.77. The van der Waals surface area contributed by atoms with Crippen LogP contribution in [0.5, 0.6) is 0 Å². The van der Waals surface area contributed by atoms with Gasteiger partial charge in [0.2, 0.25) is 10.0 Å². The Hall–Kier alpha value is -2.04. The summed E-state index contributed by atoms with van der Waals surface area (Å²) in [6, 6.07) is 13.0. The summed E-state index contributed by atoms with van der Waals surface area (Å²) in [5, 5.41) is 5.37. The summed E-state index contributed by atoms with van der Waals surface area (Å²) < 4.78 is 32.2. The van der Waals surface area contributed by atoms with Gasteiger partial charge in [-0.3, -0.25) is 4.90 Å². The highest BCUT2D eigenvalue weighted by atomic mass is 35.5. The molecule has 1 fully saturated rings. The summed E-state index contributed by atoms with van der Waals surface area (Å²) in [5.74, 6) is 0.766. The molecular formula is C22H26ClN5O2S2. The molecule has 2 aromatic carbocycles. The molecule has 0 radical (unpaired) electrons. The van der Waals surface area contributed by atoms with E-state index in [2.05, 4.69) is 4.90 Å². The zero-order valence-corrected chi connectivity index (χ0v) is 20.7. The van der Waals surface area contributed by atoms with Crippen LogP contribution in [-0.4, -0.2) is 58.1 Å². The topological polar surface area (TPSA) is 63.4 Å². The summed E-state index contributed by atoms with van der Waals surface area (Å²) in [5.41, 5.74) is 2.65. The van der Waals surface area contributed by atoms with E-state index in [0.717, 1.165) is 22.5 Å². The highest BCUT2D eigenvalue weighted by Crippen LogP contribution is 2.23. The fraction of sp³-hybridized carbons (Fsp3) is 0.364. The van der Waals surface area contributed by atoms with Crippen molar-refractivity contribution in [2.45, 2.75) is 25.4 Å². The Kier molecular flexibility index (Phi) is 6.56. The molecule has 1 aliphatic heterocycles. The molecule has 0 N–H and O–H groups in total. The molecular weight excluding hydrogens is 466 g/mol. The highest BCUT2D eigenvalue weighted by Gasteiger charge is 2.30. The van der Waals surface area contributed by atoms with Crippen LogP contribution in [-0.2, 0) is 23.7 Å². The van der Waals surface area contributed by atoms with Crippen molar-refractivity contribution in [1.29, 1.82) is 0 Å². The van der Waals surface area contributed by atoms with E-state index < -0.39 is 10.0 Å². The van der Waals surface area contributed by atoms with Crippen molar-refractivity contribution < 1.29 is 8.42 Å². The highest BCUT2D eigenvalue weighted by molar-refractivity contribution is 7.89. The van der Waals surface area contributed by atoms with Crippen LogP contribution in [0.1, 0.15) is 11.1 Å². The van der Waals surface area contributed by atoms with Crippen LogP contribution in [0.25, 0.3) is 11.4 Å². The standard InChI is InChI=1S/C22H26ClN5O2S2/c1-16-4-5-17(2)20(14-16)32(29,30)27-12-10-26(11-13-27)15-28-22(31)25(3)21(24-28)18-6-8-19(23)9-7-18/h4-9,14H,10-13,15H2,1-3H3. The lowest BCUT2D eigenvalue weighted by atomic mass is 10.2. The average Bonchev–Trinajstić information content (AvgIpc) is 3.05. The second-order valence-corrected chi connectivity index (χ2v) is 10.8. The summed E-state index contributed by atoms with van der Waals surface area (Å²) in [6.07, 6.45) is 0. The van der Waals surface area contributed by atoms with Crippen LogP contribution in [0.4, 0.5) is 0 Å². The number of nitrogens with zero attached hydrogens (tertiary/aromatic N) is 5. The van der Waals surface area contributed by atoms with Crippen molar-refractivity contribution >= 4 is 33.8 Å². The molecule has 0 amide bonds. The fourth-order valence-electron chi connectivity index (χ4n) is 3.86. The normalized spacial score (nSPS) is 15.9. The number of hydrogen-bond donors (Lipinski definition) is 0. The van der Waals surface area contributed by atoms with E-state index in [1.54, 1.807) is 15.1 Å². The predicted molar refractivity (Wildman–Crippen MR) is 129 cm³/mol. The number of aryl methyl sites for hydroxylation is 2. The van der Waals surface area contributed by atoms with Gasteiger partial charge in [0.05, 0.1) is 11.6 Å². The zero-order valence-electron chi connectivity index (χ0n) is 18.3. The van der Waals surface area contributed by atoms with Gasteiger partial charge in [0.15, 0.2) is 10.6 Å². The number of halogens is 1. The van der Waals surface area contributed by atoms with Gasteiger partial charge in [0.25, 0.3) is 0 Å². The first-order chi connectivity index (χ1) is 15.2. The predicted octanol–water partition coefficient (Wildman–Crippen LogP) is 3.85. The van der Waals surface area contributed by atoms with E-state index in [4.69, 9.17) is 28.9 Å². The second kappa shape index (κ2) is 9.07. The Morgan fingerprint density at radius 2 is 1.69 bits per heavy atom. The summed E-state index contributed by atoms with van der Waals surface area (Å²) in [7, 11) is -1.62. The molecule has 7 nitrogen and oxygen atoms in total. The van der Waals surface area contributed by atoms with Crippen LogP contribution >= 0.6 is 23.8 Å². The number of benzene rings is 2. The maximum Gasteiger partial charge on any atom is 0.243 e. The number of aromatic nitrogens is 3. The summed E-state index contributed by atoms with van der Waals surface area (Å²) >= 11 is 11.6. The van der Waals surface area contributed by atoms with E-state index in [1.807, 2.05) is 61.9 Å². The number of sulfonamides is 1. The van der Waals surface area contributed by atoms with Gasteiger partial charge >= 0.3 is 0 Å². The van der Waals surface area contributed by atoms with Crippen molar-refractivity contribution in [3.63, 3.8) is 0 Å². The van der Waals surface area contributed by atoms with Crippen LogP contribution in [0.2, 0.25) is 5.02 Å². The third kappa shape index (κ3) is 4.53. The Morgan fingerprint density at radius 3 is 2.34 bits per heavy atom. The lowest BCUT2D eigenvalue weighted by molar-refractivity contribution is 0.144. The van der Waals surface area contributed by atoms with Crippen LogP contribution in [0.15, 0.2) is 47.4 Å². The number of hydrogen-bond acceptors (Lipinski definition) is 5. The Morgan fingerprint density at radius 1 is 1.03 bits per heavy atom. The van der Waals surface area contributed by atoms with Crippen molar-refractivity contribution in [2.75, 3.05) is 26.2 Å². The van der Waals surface area contributed by atoms with Gasteiger partial charge in [-0.1, -0.05) is 23.7 Å². The Labute approximate surface area is 198 Å². The molecule has 2 heterocycles. The molecule has 1 aliphatic rings. The smallest absolute Gasteiger partial charge is 0.243 e. The van der Waals surface area contributed by atoms with E-state index in [0.29, 0.717) is 47.5 Å². The van der Waals surface area contributed by atoms with Crippen LogP contribution < -0.4 is 0 Å². The Balaban J connectivity index is 1.47. The monoisotopic (exact) mass is 491 g/mol. The Bertz CT molecular complexity index is 1290. The molecule has 0 saturated carbocycles. The van der Waals surface area contributed by atoms with E-state index in [1.165, 1.54) is 0 Å². The van der Waals surface area contributed by atoms with Gasteiger partial charge < -0.3 is 4.57 Å². The van der Waals surface area contributed by atoms with Crippen molar-refractivity contribution in [3.8, 4) is 11.4 Å². The maximum absolute atomic E-state index is 13.2. The first kappa shape index (κ1) is 23.1. The van der Waals surface area contributed by atoms with Crippen LogP contribution in [0, 0.1) is 18.6 Å². The summed E-state index contributed by atoms with van der Waals surface area (Å²) in [6.45, 7) is 6.34. The van der Waals surface area contributed by atoms with E-state index in [-0.39, 0.29) is 0 Å². The minimum absolute atomic E-state index is 0.394. The van der Waals surface area contributed by atoms with Gasteiger partial charge in [-0.15, -0.1) is 0 Å². The SMILES string of the molecule is Cc1ccc(C)c(S(=O)(=O)N2CCN(Cn3nc(-c4ccc(Cl)cc4)n(C)c3=S)CC2)c1. The lowest BCUT2D eigenvalue weighted by Crippen LogP contribution is -2.49. The molecule has 0 aliphatic carbocycles. The van der Waals surface area contributed by atoms with Gasteiger partial charge in [0.1, 0.15) is 0 Å². The molecule has 1 aromatic heterocycles. The average molecular weight is 492 g/mol. The molecule has 10 heteroatoms. The van der Waals surface area contributed by atoms with Crippen molar-refractivity contribution in [2.24, 2.45) is 7.05 Å². The van der Waals surface area contributed by atoms with Crippen molar-refractivity contribution in [3.05, 3.63) is 63.4 Å². The van der Waals surface area contributed by atoms with E-state index >= 15 is 0 Å². The first-order valence-corrected chi connectivity index (χ1v) is 12.6. The minimum atomic E-state index is -3.51. The second-order valence-electron chi connectivity index (χ2n) is 8.10. The van der Waals surface area contributed by atoms with Gasteiger partial charge in [0, 0.05) is 43.8 Å². The minimum Gasteiger partial charge on any atom is -0.303 e. The maximum atomic E-state index is 13.2. The van der Waals surface area contributed by atoms with Crippen LogP contribution in [0.3, 0.4) is 0 Å². The van der Waals surface area contributed by atoms with Gasteiger partial charge in [-0.2, -0.15) is 9.40 Å². The summed E-state index contributed by atoms with van der Waals surface area (Å²) in [4.78, 5) is 2.56.